The Morgan fingerprint density at radius 2 is 1.97 bits per heavy atom. The minimum absolute atomic E-state index is 0.163. The highest BCUT2D eigenvalue weighted by atomic mass is 19.3. The van der Waals surface area contributed by atoms with Crippen molar-refractivity contribution in [1.29, 1.82) is 0 Å². The van der Waals surface area contributed by atoms with Crippen LogP contribution in [0.25, 0.3) is 10.9 Å². The van der Waals surface area contributed by atoms with E-state index in [9.17, 15) is 18.7 Å². The van der Waals surface area contributed by atoms with Crippen LogP contribution in [0.2, 0.25) is 0 Å². The Labute approximate surface area is 191 Å². The highest BCUT2D eigenvalue weighted by Crippen LogP contribution is 2.35. The van der Waals surface area contributed by atoms with Crippen molar-refractivity contribution in [3.05, 3.63) is 64.8 Å². The number of ether oxygens (including phenoxy) is 1. The maximum absolute atomic E-state index is 13.8. The quantitative estimate of drug-likeness (QED) is 0.538. The molecule has 0 amide bonds. The molecule has 33 heavy (non-hydrogen) atoms. The Morgan fingerprint density at radius 1 is 1.24 bits per heavy atom. The van der Waals surface area contributed by atoms with Crippen LogP contribution >= 0.6 is 0 Å². The lowest BCUT2D eigenvalue weighted by Gasteiger charge is -2.42. The summed E-state index contributed by atoms with van der Waals surface area (Å²) in [5.41, 5.74) is 4.29. The number of carboxylic acids is 1. The van der Waals surface area contributed by atoms with Gasteiger partial charge in [-0.15, -0.1) is 0 Å². The van der Waals surface area contributed by atoms with Crippen LogP contribution in [-0.4, -0.2) is 65.1 Å². The van der Waals surface area contributed by atoms with Crippen molar-refractivity contribution in [2.24, 2.45) is 0 Å². The topological polar surface area (TPSA) is 68.8 Å². The van der Waals surface area contributed by atoms with Crippen molar-refractivity contribution < 1.29 is 23.4 Å². The molecule has 3 aromatic rings. The number of aromatic nitrogens is 1. The molecule has 1 aliphatic heterocycles. The van der Waals surface area contributed by atoms with Crippen LogP contribution in [0.3, 0.4) is 0 Å². The van der Waals surface area contributed by atoms with E-state index >= 15 is 0 Å². The molecule has 2 heterocycles. The number of piperazine rings is 1. The van der Waals surface area contributed by atoms with Crippen molar-refractivity contribution in [2.45, 2.75) is 32.4 Å². The van der Waals surface area contributed by atoms with Crippen LogP contribution in [0, 0.1) is 6.92 Å². The molecule has 0 radical (unpaired) electrons. The fourth-order valence-electron chi connectivity index (χ4n) is 4.75. The lowest BCUT2D eigenvalue weighted by Crippen LogP contribution is -2.50. The Kier molecular flexibility index (Phi) is 6.41. The van der Waals surface area contributed by atoms with Crippen LogP contribution in [0.15, 0.2) is 42.6 Å². The molecule has 1 atom stereocenters. The molecule has 1 saturated heterocycles. The van der Waals surface area contributed by atoms with Gasteiger partial charge in [-0.2, -0.15) is 0 Å². The summed E-state index contributed by atoms with van der Waals surface area (Å²) in [6, 6.07) is 10.6. The molecule has 176 valence electrons. The van der Waals surface area contributed by atoms with Gasteiger partial charge in [0.15, 0.2) is 0 Å². The molecule has 2 N–H and O–H groups in total. The third-order valence-electron chi connectivity index (χ3n) is 6.31. The number of carbonyl (C=O) groups is 1. The minimum atomic E-state index is -2.78. The number of hydrogen-bond donors (Lipinski definition) is 2. The summed E-state index contributed by atoms with van der Waals surface area (Å²) in [5, 5.41) is 10.3. The average Bonchev–Trinajstić information content (AvgIpc) is 3.26. The Hall–Kier alpha value is -2.97. The second-order valence-electron chi connectivity index (χ2n) is 8.86. The van der Waals surface area contributed by atoms with E-state index < -0.39 is 11.9 Å². The van der Waals surface area contributed by atoms with E-state index in [1.165, 1.54) is 0 Å². The number of halogens is 2. The van der Waals surface area contributed by atoms with Gasteiger partial charge >= 0.3 is 5.97 Å². The summed E-state index contributed by atoms with van der Waals surface area (Å²) in [6.07, 6.45) is 1.91. The molecular weight excluding hydrogens is 428 g/mol. The fourth-order valence-corrected chi connectivity index (χ4v) is 4.75. The zero-order chi connectivity index (χ0) is 23.8. The Balaban J connectivity index is 1.68. The van der Waals surface area contributed by atoms with Gasteiger partial charge in [-0.05, 0) is 42.3 Å². The minimum Gasteiger partial charge on any atom is -0.496 e. The van der Waals surface area contributed by atoms with Gasteiger partial charge in [-0.25, -0.2) is 13.6 Å². The van der Waals surface area contributed by atoms with Crippen LogP contribution < -0.4 is 4.74 Å². The first-order chi connectivity index (χ1) is 15.7. The van der Waals surface area contributed by atoms with Gasteiger partial charge in [0.25, 0.3) is 5.92 Å². The number of aromatic carboxylic acids is 1. The van der Waals surface area contributed by atoms with E-state index in [1.54, 1.807) is 36.3 Å². The molecule has 0 saturated carbocycles. The van der Waals surface area contributed by atoms with E-state index in [2.05, 4.69) is 9.88 Å². The van der Waals surface area contributed by atoms with Crippen molar-refractivity contribution >= 4 is 16.9 Å². The maximum atomic E-state index is 13.8. The van der Waals surface area contributed by atoms with E-state index in [-0.39, 0.29) is 18.2 Å². The number of nitrogens with one attached hydrogen (secondary N) is 1. The second-order valence-corrected chi connectivity index (χ2v) is 8.86. The van der Waals surface area contributed by atoms with Gasteiger partial charge in [0.05, 0.1) is 19.2 Å². The first-order valence-electron chi connectivity index (χ1n) is 11.0. The third kappa shape index (κ3) is 5.02. The van der Waals surface area contributed by atoms with Crippen LogP contribution in [-0.2, 0) is 6.54 Å². The maximum Gasteiger partial charge on any atom is 0.335 e. The third-order valence-corrected chi connectivity index (χ3v) is 6.31. The first-order valence-corrected chi connectivity index (χ1v) is 11.0. The monoisotopic (exact) mass is 457 g/mol. The van der Waals surface area contributed by atoms with Crippen molar-refractivity contribution in [3.8, 4) is 5.75 Å². The fraction of sp³-hybridized carbons (Fsp3) is 0.400. The average molecular weight is 458 g/mol. The molecule has 6 nitrogen and oxygen atoms in total. The van der Waals surface area contributed by atoms with E-state index in [0.29, 0.717) is 26.2 Å². The lowest BCUT2D eigenvalue weighted by molar-refractivity contribution is -0.0378. The van der Waals surface area contributed by atoms with Gasteiger partial charge in [0.1, 0.15) is 5.75 Å². The summed E-state index contributed by atoms with van der Waals surface area (Å²) in [6.45, 7) is 4.81. The summed E-state index contributed by atoms with van der Waals surface area (Å²) in [5.74, 6) is -2.98. The highest BCUT2D eigenvalue weighted by molar-refractivity contribution is 5.88. The SMILES string of the molecule is COc1cc(C)c2[nH]ccc2c1CN1CCN(CC(C)(F)F)C[C@H]1c1ccc(C(=O)O)cc1. The molecule has 2 aromatic carbocycles. The molecule has 1 aromatic heterocycles. The molecule has 1 aliphatic rings. The van der Waals surface area contributed by atoms with E-state index in [0.717, 1.165) is 40.3 Å². The predicted molar refractivity (Wildman–Crippen MR) is 123 cm³/mol. The normalized spacial score (nSPS) is 18.0. The molecule has 0 unspecified atom stereocenters. The number of nitrogens with zero attached hydrogens (tertiary/aromatic N) is 2. The van der Waals surface area contributed by atoms with Crippen molar-refractivity contribution in [1.82, 2.24) is 14.8 Å². The molecular formula is C25H29F2N3O3. The molecule has 0 bridgehead atoms. The van der Waals surface area contributed by atoms with Gasteiger partial charge in [-0.1, -0.05) is 12.1 Å². The van der Waals surface area contributed by atoms with Crippen LogP contribution in [0.1, 0.15) is 40.0 Å². The predicted octanol–water partition coefficient (Wildman–Crippen LogP) is 4.70. The number of methoxy groups -OCH3 is 1. The first kappa shape index (κ1) is 23.2. The van der Waals surface area contributed by atoms with E-state index in [1.807, 2.05) is 25.3 Å². The number of carboxylic acid groups (broad SMARTS) is 1. The molecule has 4 rings (SSSR count). The number of alkyl halides is 2. The number of aromatic amines is 1. The zero-order valence-electron chi connectivity index (χ0n) is 19.1. The van der Waals surface area contributed by atoms with Crippen molar-refractivity contribution in [2.75, 3.05) is 33.3 Å². The van der Waals surface area contributed by atoms with Gasteiger partial charge in [-0.3, -0.25) is 9.80 Å². The van der Waals surface area contributed by atoms with Crippen LogP contribution in [0.5, 0.6) is 5.75 Å². The molecule has 0 aliphatic carbocycles. The standard InChI is InChI=1S/C25H29F2N3O3/c1-16-12-22(33-3)20(19-8-9-28-23(16)19)13-30-11-10-29(15-25(2,26)27)14-21(30)17-4-6-18(7-5-17)24(31)32/h4-9,12,21,28H,10-11,13-15H2,1-3H3,(H,31,32)/t21-/m0/s1. The Morgan fingerprint density at radius 3 is 2.61 bits per heavy atom. The number of H-pyrrole nitrogens is 1. The summed E-state index contributed by atoms with van der Waals surface area (Å²) >= 11 is 0. The van der Waals surface area contributed by atoms with Gasteiger partial charge in [0, 0.05) is 61.8 Å². The second kappa shape index (κ2) is 9.11. The number of aryl methyl sites for hydroxylation is 1. The van der Waals surface area contributed by atoms with E-state index in [4.69, 9.17) is 4.74 Å². The number of benzene rings is 2. The number of rotatable bonds is 7. The molecule has 8 heteroatoms. The smallest absolute Gasteiger partial charge is 0.335 e. The lowest BCUT2D eigenvalue weighted by atomic mass is 9.98. The summed E-state index contributed by atoms with van der Waals surface area (Å²) in [4.78, 5) is 18.6. The molecule has 1 fully saturated rings. The van der Waals surface area contributed by atoms with Crippen LogP contribution in [0.4, 0.5) is 8.78 Å². The summed E-state index contributed by atoms with van der Waals surface area (Å²) < 4.78 is 33.2. The molecule has 0 spiro atoms. The largest absolute Gasteiger partial charge is 0.496 e. The van der Waals surface area contributed by atoms with Crippen molar-refractivity contribution in [3.63, 3.8) is 0 Å². The van der Waals surface area contributed by atoms with Gasteiger partial charge < -0.3 is 14.8 Å². The summed E-state index contributed by atoms with van der Waals surface area (Å²) in [7, 11) is 1.65. The number of hydrogen-bond acceptors (Lipinski definition) is 4. The van der Waals surface area contributed by atoms with Gasteiger partial charge in [0.2, 0.25) is 0 Å². The zero-order valence-corrected chi connectivity index (χ0v) is 19.1. The number of fused-ring (bicyclic) bond motifs is 1. The highest BCUT2D eigenvalue weighted by Gasteiger charge is 2.34. The Bertz CT molecular complexity index is 1140.